The minimum atomic E-state index is -4.79. The molecule has 1 saturated heterocycles. The number of benzene rings is 1. The third-order valence-corrected chi connectivity index (χ3v) is 4.47. The summed E-state index contributed by atoms with van der Waals surface area (Å²) < 4.78 is 46.8. The van der Waals surface area contributed by atoms with Crippen molar-refractivity contribution in [3.05, 3.63) is 47.7 Å². The van der Waals surface area contributed by atoms with E-state index < -0.39 is 6.36 Å². The summed E-state index contributed by atoms with van der Waals surface area (Å²) in [6.07, 6.45) is -3.20. The Kier molecular flexibility index (Phi) is 4.73. The summed E-state index contributed by atoms with van der Waals surface area (Å²) in [6, 6.07) is 7.07. The van der Waals surface area contributed by atoms with Crippen LogP contribution in [0.2, 0.25) is 0 Å². The Morgan fingerprint density at radius 3 is 2.59 bits per heavy atom. The first-order valence-corrected chi connectivity index (χ1v) is 8.15. The molecule has 4 N–H and O–H groups in total. The molecule has 0 unspecified atom stereocenters. The molecule has 2 heterocycles. The third-order valence-electron chi connectivity index (χ3n) is 4.47. The van der Waals surface area contributed by atoms with Crippen LogP contribution in [0.3, 0.4) is 0 Å². The number of nitrogens with two attached hydrogens (primary N) is 2. The van der Waals surface area contributed by atoms with Crippen LogP contribution in [0.15, 0.2) is 36.5 Å². The van der Waals surface area contributed by atoms with E-state index in [0.717, 1.165) is 6.07 Å². The topological polar surface area (TPSA) is 86.2 Å². The molecular formula is C18H20F3N4O2+. The second kappa shape index (κ2) is 6.73. The number of anilines is 2. The van der Waals surface area contributed by atoms with Gasteiger partial charge in [0.25, 0.3) is 0 Å². The first-order chi connectivity index (χ1) is 12.6. The van der Waals surface area contributed by atoms with Crippen LogP contribution in [0.1, 0.15) is 18.1 Å². The van der Waals surface area contributed by atoms with Crippen LogP contribution in [0, 0.1) is 0 Å². The normalized spacial score (nSPS) is 16.0. The van der Waals surface area contributed by atoms with Crippen molar-refractivity contribution in [2.75, 3.05) is 30.8 Å². The fourth-order valence-electron chi connectivity index (χ4n) is 2.93. The van der Waals surface area contributed by atoms with E-state index in [9.17, 15) is 13.2 Å². The molecule has 27 heavy (non-hydrogen) atoms. The van der Waals surface area contributed by atoms with Crippen molar-refractivity contribution >= 4 is 17.2 Å². The molecular weight excluding hydrogens is 361 g/mol. The van der Waals surface area contributed by atoms with Gasteiger partial charge in [0.15, 0.2) is 0 Å². The van der Waals surface area contributed by atoms with Crippen LogP contribution in [-0.4, -0.2) is 42.9 Å². The lowest BCUT2D eigenvalue weighted by atomic mass is 9.96. The summed E-state index contributed by atoms with van der Waals surface area (Å²) in [4.78, 5) is 6.34. The lowest BCUT2D eigenvalue weighted by Crippen LogP contribution is -2.61. The van der Waals surface area contributed by atoms with Gasteiger partial charge in [-0.3, -0.25) is 5.41 Å². The predicted molar refractivity (Wildman–Crippen MR) is 94.5 cm³/mol. The Balaban J connectivity index is 1.84. The molecule has 6 nitrogen and oxygen atoms in total. The SMILES string of the molecule is COC1(C)CN(c2cc(C(=[NH2+])c3cc(OC(F)(F)F)ccc3N)ccn2)C1. The number of rotatable bonds is 5. The molecule has 0 saturated carbocycles. The van der Waals surface area contributed by atoms with Crippen molar-refractivity contribution in [3.8, 4) is 5.75 Å². The van der Waals surface area contributed by atoms with E-state index in [4.69, 9.17) is 15.9 Å². The van der Waals surface area contributed by atoms with E-state index in [0.29, 0.717) is 24.5 Å². The van der Waals surface area contributed by atoms with E-state index in [1.54, 1.807) is 25.4 Å². The van der Waals surface area contributed by atoms with E-state index in [2.05, 4.69) is 9.72 Å². The molecule has 0 bridgehead atoms. The van der Waals surface area contributed by atoms with Crippen molar-refractivity contribution in [1.82, 2.24) is 4.98 Å². The van der Waals surface area contributed by atoms with Gasteiger partial charge >= 0.3 is 6.36 Å². The third kappa shape index (κ3) is 4.13. The quantitative estimate of drug-likeness (QED) is 0.604. The zero-order valence-corrected chi connectivity index (χ0v) is 14.9. The van der Waals surface area contributed by atoms with Crippen LogP contribution < -0.4 is 20.8 Å². The molecule has 1 fully saturated rings. The second-order valence-corrected chi connectivity index (χ2v) is 6.62. The Morgan fingerprint density at radius 2 is 1.96 bits per heavy atom. The maximum absolute atomic E-state index is 12.5. The highest BCUT2D eigenvalue weighted by Crippen LogP contribution is 2.30. The van der Waals surface area contributed by atoms with Gasteiger partial charge in [-0.2, -0.15) is 0 Å². The highest BCUT2D eigenvalue weighted by atomic mass is 19.4. The molecule has 1 aromatic heterocycles. The number of nitrogen functional groups attached to an aromatic ring is 1. The summed E-state index contributed by atoms with van der Waals surface area (Å²) in [6.45, 7) is 3.36. The van der Waals surface area contributed by atoms with Crippen LogP contribution >= 0.6 is 0 Å². The lowest BCUT2D eigenvalue weighted by molar-refractivity contribution is -0.274. The number of hydrogen-bond donors (Lipinski definition) is 2. The van der Waals surface area contributed by atoms with Gasteiger partial charge in [-0.25, -0.2) is 4.98 Å². The first-order valence-electron chi connectivity index (χ1n) is 8.15. The minimum Gasteiger partial charge on any atom is -0.406 e. The fraction of sp³-hybridized carbons (Fsp3) is 0.333. The molecule has 2 aromatic rings. The molecule has 1 aliphatic rings. The number of alkyl halides is 3. The van der Waals surface area contributed by atoms with Gasteiger partial charge < -0.3 is 20.1 Å². The van der Waals surface area contributed by atoms with Crippen molar-refractivity contribution in [3.63, 3.8) is 0 Å². The number of nitrogens with zero attached hydrogens (tertiary/aromatic N) is 2. The molecule has 1 aliphatic heterocycles. The van der Waals surface area contributed by atoms with Crippen LogP contribution in [0.4, 0.5) is 24.7 Å². The van der Waals surface area contributed by atoms with Crippen molar-refractivity contribution < 1.29 is 28.1 Å². The van der Waals surface area contributed by atoms with E-state index in [1.165, 1.54) is 12.1 Å². The Morgan fingerprint density at radius 1 is 1.26 bits per heavy atom. The van der Waals surface area contributed by atoms with Gasteiger partial charge in [0.05, 0.1) is 16.7 Å². The summed E-state index contributed by atoms with van der Waals surface area (Å²) in [7, 11) is 1.66. The van der Waals surface area contributed by atoms with Gasteiger partial charge in [-0.15, -0.1) is 13.2 Å². The zero-order valence-electron chi connectivity index (χ0n) is 14.9. The zero-order chi connectivity index (χ0) is 19.8. The lowest BCUT2D eigenvalue weighted by Gasteiger charge is -2.47. The van der Waals surface area contributed by atoms with Crippen LogP contribution in [0.25, 0.3) is 0 Å². The monoisotopic (exact) mass is 381 g/mol. The Labute approximate surface area is 154 Å². The average Bonchev–Trinajstić information content (AvgIpc) is 2.59. The molecule has 0 atom stereocenters. The molecule has 3 rings (SSSR count). The van der Waals surface area contributed by atoms with Gasteiger partial charge in [0.1, 0.15) is 11.6 Å². The predicted octanol–water partition coefficient (Wildman–Crippen LogP) is 1.38. The number of aromatic nitrogens is 1. The van der Waals surface area contributed by atoms with Crippen molar-refractivity contribution in [1.29, 1.82) is 0 Å². The average molecular weight is 381 g/mol. The first kappa shape index (κ1) is 19.0. The molecule has 1 aromatic carbocycles. The number of pyridine rings is 1. The van der Waals surface area contributed by atoms with E-state index >= 15 is 0 Å². The standard InChI is InChI=1S/C18H19F3N4O2/c1-17(26-2)9-25(10-17)15-7-11(5-6-24-15)16(23)13-8-12(3-4-14(13)22)27-18(19,20)21/h3-8,23H,9-10,22H2,1-2H3/p+1. The van der Waals surface area contributed by atoms with E-state index in [1.807, 2.05) is 11.8 Å². The summed E-state index contributed by atoms with van der Waals surface area (Å²) in [5, 5.41) is 6.19. The largest absolute Gasteiger partial charge is 0.573 e. The van der Waals surface area contributed by atoms with Crippen molar-refractivity contribution in [2.45, 2.75) is 18.9 Å². The van der Waals surface area contributed by atoms with Crippen LogP contribution in [-0.2, 0) is 4.74 Å². The highest BCUT2D eigenvalue weighted by Gasteiger charge is 2.39. The van der Waals surface area contributed by atoms with Gasteiger partial charge in [0, 0.05) is 32.1 Å². The Bertz CT molecular complexity index is 864. The highest BCUT2D eigenvalue weighted by molar-refractivity contribution is 6.12. The summed E-state index contributed by atoms with van der Waals surface area (Å²) in [5.41, 5.74) is 7.02. The maximum Gasteiger partial charge on any atom is 0.573 e. The molecule has 0 amide bonds. The summed E-state index contributed by atoms with van der Waals surface area (Å²) >= 11 is 0. The number of ether oxygens (including phenoxy) is 2. The maximum atomic E-state index is 12.5. The molecule has 0 spiro atoms. The van der Waals surface area contributed by atoms with E-state index in [-0.39, 0.29) is 28.3 Å². The molecule has 144 valence electrons. The van der Waals surface area contributed by atoms with Crippen molar-refractivity contribution in [2.24, 2.45) is 0 Å². The minimum absolute atomic E-state index is 0.222. The van der Waals surface area contributed by atoms with Gasteiger partial charge in [0.2, 0.25) is 5.71 Å². The van der Waals surface area contributed by atoms with Gasteiger partial charge in [-0.05, 0) is 37.3 Å². The smallest absolute Gasteiger partial charge is 0.406 e. The second-order valence-electron chi connectivity index (χ2n) is 6.62. The molecule has 0 aliphatic carbocycles. The number of methoxy groups -OCH3 is 1. The van der Waals surface area contributed by atoms with Gasteiger partial charge in [-0.1, -0.05) is 0 Å². The number of halogens is 3. The summed E-state index contributed by atoms with van der Waals surface area (Å²) in [5.74, 6) is 0.314. The van der Waals surface area contributed by atoms with Crippen LogP contribution in [0.5, 0.6) is 5.75 Å². The Hall–Kier alpha value is -2.81. The molecule has 9 heteroatoms. The molecule has 0 radical (unpaired) electrons. The number of hydrogen-bond acceptors (Lipinski definition) is 5. The fourth-order valence-corrected chi connectivity index (χ4v) is 2.93.